The summed E-state index contributed by atoms with van der Waals surface area (Å²) in [5.41, 5.74) is 2.02. The normalized spacial score (nSPS) is 12.9. The van der Waals surface area contributed by atoms with Gasteiger partial charge in [0.05, 0.1) is 19.0 Å². The van der Waals surface area contributed by atoms with Crippen LogP contribution in [0.3, 0.4) is 0 Å². The van der Waals surface area contributed by atoms with Crippen LogP contribution in [-0.4, -0.2) is 27.7 Å². The summed E-state index contributed by atoms with van der Waals surface area (Å²) >= 11 is 1.61. The Labute approximate surface area is 181 Å². The van der Waals surface area contributed by atoms with Crippen LogP contribution in [-0.2, 0) is 25.8 Å². The van der Waals surface area contributed by atoms with E-state index in [0.29, 0.717) is 23.4 Å². The van der Waals surface area contributed by atoms with Crippen LogP contribution in [0.2, 0.25) is 0 Å². The van der Waals surface area contributed by atoms with Crippen molar-refractivity contribution in [2.75, 3.05) is 7.11 Å². The number of aromatic carboxylic acids is 1. The SMILES string of the molecule is COc1ccc(Cc2nc3sc4c(c3c(=O)n2Cc2ccc(C(=O)O)o2)CCC4)cc1. The van der Waals surface area contributed by atoms with E-state index in [1.807, 2.05) is 24.3 Å². The number of thiophene rings is 1. The molecule has 3 aromatic heterocycles. The van der Waals surface area contributed by atoms with Crippen LogP contribution in [0.5, 0.6) is 5.75 Å². The van der Waals surface area contributed by atoms with Crippen LogP contribution in [0.15, 0.2) is 45.6 Å². The number of nitrogens with zero attached hydrogens (tertiary/aromatic N) is 2. The summed E-state index contributed by atoms with van der Waals surface area (Å²) in [6.07, 6.45) is 3.41. The molecule has 1 N–H and O–H groups in total. The van der Waals surface area contributed by atoms with Gasteiger partial charge in [0, 0.05) is 11.3 Å². The lowest BCUT2D eigenvalue weighted by molar-refractivity contribution is 0.0660. The molecular formula is C23H20N2O5S. The van der Waals surface area contributed by atoms with Crippen LogP contribution in [0.4, 0.5) is 0 Å². The minimum absolute atomic E-state index is 0.0961. The first kappa shape index (κ1) is 19.6. The maximum absolute atomic E-state index is 13.6. The first-order valence-corrected chi connectivity index (χ1v) is 10.8. The minimum atomic E-state index is -1.14. The van der Waals surface area contributed by atoms with E-state index >= 15 is 0 Å². The van der Waals surface area contributed by atoms with Crippen molar-refractivity contribution in [3.63, 3.8) is 0 Å². The number of fused-ring (bicyclic) bond motifs is 3. The second-order valence-corrected chi connectivity index (χ2v) is 8.64. The Morgan fingerprint density at radius 3 is 2.74 bits per heavy atom. The van der Waals surface area contributed by atoms with Gasteiger partial charge in [-0.2, -0.15) is 0 Å². The van der Waals surface area contributed by atoms with Crippen molar-refractivity contribution in [3.05, 3.63) is 80.1 Å². The quantitative estimate of drug-likeness (QED) is 0.493. The van der Waals surface area contributed by atoms with Gasteiger partial charge in [-0.3, -0.25) is 9.36 Å². The van der Waals surface area contributed by atoms with Crippen molar-refractivity contribution < 1.29 is 19.1 Å². The number of ether oxygens (including phenoxy) is 1. The third-order valence-corrected chi connectivity index (χ3v) is 6.80. The number of hydrogen-bond donors (Lipinski definition) is 1. The Morgan fingerprint density at radius 2 is 2.03 bits per heavy atom. The molecule has 158 valence electrons. The molecule has 7 nitrogen and oxygen atoms in total. The van der Waals surface area contributed by atoms with E-state index in [4.69, 9.17) is 19.2 Å². The molecule has 5 rings (SSSR count). The van der Waals surface area contributed by atoms with Gasteiger partial charge in [-0.1, -0.05) is 12.1 Å². The number of rotatable bonds is 6. The summed E-state index contributed by atoms with van der Waals surface area (Å²) in [5, 5.41) is 9.84. The van der Waals surface area contributed by atoms with Gasteiger partial charge in [0.25, 0.3) is 5.56 Å². The van der Waals surface area contributed by atoms with Gasteiger partial charge in [0.1, 0.15) is 22.2 Å². The fourth-order valence-corrected chi connectivity index (χ4v) is 5.35. The topological polar surface area (TPSA) is 94.6 Å². The molecule has 0 amide bonds. The van der Waals surface area contributed by atoms with Gasteiger partial charge in [-0.15, -0.1) is 11.3 Å². The molecule has 31 heavy (non-hydrogen) atoms. The summed E-state index contributed by atoms with van der Waals surface area (Å²) in [5.74, 6) is 0.502. The van der Waals surface area contributed by atoms with E-state index in [-0.39, 0.29) is 17.9 Å². The lowest BCUT2D eigenvalue weighted by Gasteiger charge is -2.12. The summed E-state index contributed by atoms with van der Waals surface area (Å²) in [4.78, 5) is 31.6. The highest BCUT2D eigenvalue weighted by Crippen LogP contribution is 2.35. The number of carboxylic acids is 1. The summed E-state index contributed by atoms with van der Waals surface area (Å²) < 4.78 is 12.3. The average molecular weight is 436 g/mol. The molecule has 1 aliphatic carbocycles. The number of aryl methyl sites for hydroxylation is 2. The van der Waals surface area contributed by atoms with E-state index in [9.17, 15) is 9.59 Å². The first-order valence-electron chi connectivity index (χ1n) is 10.0. The monoisotopic (exact) mass is 436 g/mol. The van der Waals surface area contributed by atoms with E-state index in [1.165, 1.54) is 10.9 Å². The van der Waals surface area contributed by atoms with E-state index in [1.54, 1.807) is 29.1 Å². The fraction of sp³-hybridized carbons (Fsp3) is 0.261. The predicted octanol–water partition coefficient (Wildman–Crippen LogP) is 3.89. The summed E-state index contributed by atoms with van der Waals surface area (Å²) in [6, 6.07) is 10.6. The van der Waals surface area contributed by atoms with Crippen LogP contribution in [0, 0.1) is 0 Å². The molecular weight excluding hydrogens is 416 g/mol. The Bertz CT molecular complexity index is 1350. The first-order chi connectivity index (χ1) is 15.0. The van der Waals surface area contributed by atoms with Crippen molar-refractivity contribution >= 4 is 27.5 Å². The number of furan rings is 1. The number of hydrogen-bond acceptors (Lipinski definition) is 6. The standard InChI is InChI=1S/C23H20N2O5S/c1-29-14-7-5-13(6-8-14)11-19-24-21-20(16-3-2-4-18(16)31-21)22(26)25(19)12-15-9-10-17(30-15)23(27)28/h5-10H,2-4,11-12H2,1H3,(H,27,28). The molecule has 0 bridgehead atoms. The zero-order chi connectivity index (χ0) is 21.5. The highest BCUT2D eigenvalue weighted by molar-refractivity contribution is 7.18. The number of carbonyl (C=O) groups is 1. The molecule has 1 aromatic carbocycles. The highest BCUT2D eigenvalue weighted by Gasteiger charge is 2.24. The Morgan fingerprint density at radius 1 is 1.23 bits per heavy atom. The highest BCUT2D eigenvalue weighted by atomic mass is 32.1. The zero-order valence-electron chi connectivity index (χ0n) is 16.9. The predicted molar refractivity (Wildman–Crippen MR) is 116 cm³/mol. The van der Waals surface area contributed by atoms with Gasteiger partial charge in [0.15, 0.2) is 0 Å². The Hall–Kier alpha value is -3.39. The third-order valence-electron chi connectivity index (χ3n) is 5.61. The van der Waals surface area contributed by atoms with Gasteiger partial charge in [-0.05, 0) is 54.7 Å². The third kappa shape index (κ3) is 3.53. The van der Waals surface area contributed by atoms with Crippen molar-refractivity contribution in [1.29, 1.82) is 0 Å². The molecule has 0 atom stereocenters. The van der Waals surface area contributed by atoms with Crippen molar-refractivity contribution in [2.24, 2.45) is 0 Å². The van der Waals surface area contributed by atoms with Gasteiger partial charge < -0.3 is 14.3 Å². The second-order valence-electron chi connectivity index (χ2n) is 7.55. The van der Waals surface area contributed by atoms with E-state index in [0.717, 1.165) is 41.0 Å². The van der Waals surface area contributed by atoms with Crippen LogP contribution in [0.25, 0.3) is 10.2 Å². The molecule has 0 saturated carbocycles. The van der Waals surface area contributed by atoms with E-state index < -0.39 is 5.97 Å². The molecule has 0 unspecified atom stereocenters. The molecule has 3 heterocycles. The van der Waals surface area contributed by atoms with Gasteiger partial charge in [-0.25, -0.2) is 9.78 Å². The summed E-state index contributed by atoms with van der Waals surface area (Å²) in [7, 11) is 1.62. The molecule has 0 aliphatic heterocycles. The lowest BCUT2D eigenvalue weighted by Crippen LogP contribution is -2.26. The van der Waals surface area contributed by atoms with Gasteiger partial charge in [0.2, 0.25) is 5.76 Å². The zero-order valence-corrected chi connectivity index (χ0v) is 17.7. The second kappa shape index (κ2) is 7.70. The largest absolute Gasteiger partial charge is 0.497 e. The van der Waals surface area contributed by atoms with Crippen LogP contribution < -0.4 is 10.3 Å². The van der Waals surface area contributed by atoms with Crippen molar-refractivity contribution in [3.8, 4) is 5.75 Å². The van der Waals surface area contributed by atoms with E-state index in [2.05, 4.69) is 0 Å². The maximum Gasteiger partial charge on any atom is 0.371 e. The minimum Gasteiger partial charge on any atom is -0.497 e. The van der Waals surface area contributed by atoms with Gasteiger partial charge >= 0.3 is 5.97 Å². The number of benzene rings is 1. The Balaban J connectivity index is 1.61. The smallest absolute Gasteiger partial charge is 0.371 e. The average Bonchev–Trinajstić information content (AvgIpc) is 3.47. The molecule has 1 aliphatic rings. The van der Waals surface area contributed by atoms with Crippen molar-refractivity contribution in [1.82, 2.24) is 9.55 Å². The summed E-state index contributed by atoms with van der Waals surface area (Å²) in [6.45, 7) is 0.130. The number of carboxylic acid groups (broad SMARTS) is 1. The lowest BCUT2D eigenvalue weighted by atomic mass is 10.1. The maximum atomic E-state index is 13.6. The number of methoxy groups -OCH3 is 1. The molecule has 0 fully saturated rings. The Kier molecular flexibility index (Phi) is 4.86. The van der Waals surface area contributed by atoms with Crippen LogP contribution >= 0.6 is 11.3 Å². The molecule has 0 saturated heterocycles. The van der Waals surface area contributed by atoms with Crippen LogP contribution in [0.1, 0.15) is 44.6 Å². The van der Waals surface area contributed by atoms with Crippen molar-refractivity contribution in [2.45, 2.75) is 32.2 Å². The molecule has 8 heteroatoms. The molecule has 0 radical (unpaired) electrons. The molecule has 0 spiro atoms. The number of aromatic nitrogens is 2. The molecule has 4 aromatic rings. The fourth-order valence-electron chi connectivity index (χ4n) is 4.08.